The molecule has 0 aliphatic carbocycles. The summed E-state index contributed by atoms with van der Waals surface area (Å²) in [5.74, 6) is -0.193. The zero-order chi connectivity index (χ0) is 24.5. The number of aliphatic hydroxyl groups excluding tert-OH is 1. The fourth-order valence-corrected chi connectivity index (χ4v) is 3.87. The summed E-state index contributed by atoms with van der Waals surface area (Å²) in [6, 6.07) is 12.3. The Morgan fingerprint density at radius 1 is 1.29 bits per heavy atom. The third-order valence-electron chi connectivity index (χ3n) is 5.07. The third-order valence-corrected chi connectivity index (χ3v) is 5.36. The molecule has 2 aromatic carbocycles. The number of aliphatic hydroxyl groups is 1. The van der Waals surface area contributed by atoms with Crippen LogP contribution in [0.15, 0.2) is 54.7 Å². The smallest absolute Gasteiger partial charge is 0.259 e. The van der Waals surface area contributed by atoms with Gasteiger partial charge in [0.2, 0.25) is 0 Å². The molecule has 34 heavy (non-hydrogen) atoms. The molecule has 1 amide bonds. The number of anilines is 3. The zero-order valence-corrected chi connectivity index (χ0v) is 19.8. The number of halogens is 2. The Morgan fingerprint density at radius 2 is 2.09 bits per heavy atom. The Labute approximate surface area is 202 Å². The van der Waals surface area contributed by atoms with Crippen LogP contribution in [0.1, 0.15) is 31.1 Å². The summed E-state index contributed by atoms with van der Waals surface area (Å²) in [6.07, 6.45) is 1.60. The predicted octanol–water partition coefficient (Wildman–Crippen LogP) is 5.20. The molecule has 1 aromatic heterocycles. The Bertz CT molecular complexity index is 1220. The van der Waals surface area contributed by atoms with Gasteiger partial charge in [0.15, 0.2) is 23.1 Å². The Morgan fingerprint density at radius 3 is 2.76 bits per heavy atom. The number of amides is 1. The maximum atomic E-state index is 14.5. The van der Waals surface area contributed by atoms with E-state index >= 15 is 0 Å². The van der Waals surface area contributed by atoms with E-state index in [1.165, 1.54) is 12.1 Å². The van der Waals surface area contributed by atoms with Gasteiger partial charge in [-0.05, 0) is 57.2 Å². The van der Waals surface area contributed by atoms with Crippen molar-refractivity contribution in [3.63, 3.8) is 0 Å². The third kappa shape index (κ3) is 4.93. The molecule has 2 N–H and O–H groups in total. The van der Waals surface area contributed by atoms with Crippen molar-refractivity contribution < 1.29 is 23.8 Å². The van der Waals surface area contributed by atoms with Crippen LogP contribution in [-0.4, -0.2) is 40.9 Å². The molecule has 9 heteroatoms. The summed E-state index contributed by atoms with van der Waals surface area (Å²) in [7, 11) is 0. The minimum Gasteiger partial charge on any atom is -0.488 e. The highest BCUT2D eigenvalue weighted by molar-refractivity contribution is 6.33. The molecule has 1 atom stereocenters. The Balaban J connectivity index is 1.65. The quantitative estimate of drug-likeness (QED) is 0.517. The number of nitrogens with one attached hydrogen (secondary N) is 1. The lowest BCUT2D eigenvalue weighted by Crippen LogP contribution is -2.43. The van der Waals surface area contributed by atoms with E-state index < -0.39 is 23.4 Å². The number of benzene rings is 2. The van der Waals surface area contributed by atoms with Crippen LogP contribution in [0.2, 0.25) is 5.02 Å². The number of aromatic nitrogens is 1. The lowest BCUT2D eigenvalue weighted by atomic mass is 10.1. The average Bonchev–Trinajstić information content (AvgIpc) is 2.79. The highest BCUT2D eigenvalue weighted by Crippen LogP contribution is 2.42. The monoisotopic (exact) mass is 485 g/mol. The molecule has 7 nitrogen and oxygen atoms in total. The maximum Gasteiger partial charge on any atom is 0.259 e. The fourth-order valence-electron chi connectivity index (χ4n) is 3.66. The average molecular weight is 486 g/mol. The van der Waals surface area contributed by atoms with Crippen LogP contribution in [0, 0.1) is 5.82 Å². The van der Waals surface area contributed by atoms with Crippen molar-refractivity contribution in [3.8, 4) is 11.5 Å². The van der Waals surface area contributed by atoms with Crippen molar-refractivity contribution in [2.24, 2.45) is 0 Å². The van der Waals surface area contributed by atoms with Crippen LogP contribution in [0.5, 0.6) is 11.5 Å². The van der Waals surface area contributed by atoms with Gasteiger partial charge in [0.05, 0.1) is 28.9 Å². The molecule has 1 aliphatic heterocycles. The van der Waals surface area contributed by atoms with Crippen molar-refractivity contribution in [3.05, 3.63) is 71.1 Å². The first-order valence-corrected chi connectivity index (χ1v) is 11.1. The minimum absolute atomic E-state index is 0.101. The van der Waals surface area contributed by atoms with Gasteiger partial charge in [0, 0.05) is 18.0 Å². The van der Waals surface area contributed by atoms with Gasteiger partial charge in [-0.25, -0.2) is 9.37 Å². The van der Waals surface area contributed by atoms with Gasteiger partial charge in [0.1, 0.15) is 12.2 Å². The van der Waals surface area contributed by atoms with Gasteiger partial charge in [-0.2, -0.15) is 0 Å². The number of carbonyl (C=O) groups is 1. The first kappa shape index (κ1) is 23.8. The van der Waals surface area contributed by atoms with Gasteiger partial charge in [-0.1, -0.05) is 17.7 Å². The van der Waals surface area contributed by atoms with Gasteiger partial charge in [0.25, 0.3) is 5.91 Å². The van der Waals surface area contributed by atoms with E-state index in [1.807, 2.05) is 20.8 Å². The van der Waals surface area contributed by atoms with Gasteiger partial charge in [-0.3, -0.25) is 4.79 Å². The van der Waals surface area contributed by atoms with Crippen molar-refractivity contribution in [2.75, 3.05) is 23.4 Å². The molecule has 4 rings (SSSR count). The number of rotatable bonds is 5. The van der Waals surface area contributed by atoms with Crippen LogP contribution in [-0.2, 0) is 0 Å². The molecule has 2 heterocycles. The molecule has 0 saturated heterocycles. The van der Waals surface area contributed by atoms with Crippen molar-refractivity contribution in [1.82, 2.24) is 4.98 Å². The summed E-state index contributed by atoms with van der Waals surface area (Å²) in [4.78, 5) is 19.2. The fraction of sp³-hybridized carbons (Fsp3) is 0.280. The number of pyridine rings is 1. The predicted molar refractivity (Wildman–Crippen MR) is 129 cm³/mol. The van der Waals surface area contributed by atoms with E-state index in [2.05, 4.69) is 10.3 Å². The molecule has 0 spiro atoms. The normalized spacial score (nSPS) is 15.4. The van der Waals surface area contributed by atoms with Gasteiger partial charge < -0.3 is 24.8 Å². The lowest BCUT2D eigenvalue weighted by molar-refractivity contribution is 0.102. The van der Waals surface area contributed by atoms with E-state index in [1.54, 1.807) is 47.5 Å². The first-order valence-electron chi connectivity index (χ1n) is 10.7. The molecular weight excluding hydrogens is 461 g/mol. The van der Waals surface area contributed by atoms with Gasteiger partial charge >= 0.3 is 0 Å². The van der Waals surface area contributed by atoms with E-state index in [0.29, 0.717) is 22.3 Å². The maximum absolute atomic E-state index is 14.5. The largest absolute Gasteiger partial charge is 0.488 e. The number of carbonyl (C=O) groups excluding carboxylic acids is 1. The van der Waals surface area contributed by atoms with Crippen molar-refractivity contribution in [1.29, 1.82) is 0 Å². The Hall–Kier alpha value is -3.36. The number of fused-ring (bicyclic) bond motifs is 1. The number of hydrogen-bond acceptors (Lipinski definition) is 6. The number of ether oxygens (including phenoxy) is 2. The lowest BCUT2D eigenvalue weighted by Gasteiger charge is -2.37. The van der Waals surface area contributed by atoms with Crippen LogP contribution in [0.4, 0.5) is 21.6 Å². The molecule has 0 bridgehead atoms. The number of nitrogens with zero attached hydrogens (tertiary/aromatic N) is 2. The van der Waals surface area contributed by atoms with Crippen molar-refractivity contribution in [2.45, 2.75) is 32.4 Å². The molecule has 3 aromatic rings. The van der Waals surface area contributed by atoms with E-state index in [0.717, 1.165) is 0 Å². The summed E-state index contributed by atoms with van der Waals surface area (Å²) in [5.41, 5.74) is 0.510. The first-order chi connectivity index (χ1) is 16.2. The molecule has 0 saturated carbocycles. The summed E-state index contributed by atoms with van der Waals surface area (Å²) in [6.45, 7) is 5.38. The molecule has 1 aliphatic rings. The van der Waals surface area contributed by atoms with Crippen molar-refractivity contribution >= 4 is 34.7 Å². The zero-order valence-electron chi connectivity index (χ0n) is 19.0. The second kappa shape index (κ2) is 9.48. The topological polar surface area (TPSA) is 83.9 Å². The standard InChI is InChI=1S/C25H25ClFN3O4/c1-25(2,3)34-21-10-9-15(12-19(21)27)29-24(32)17-6-4-8-20-22(17)33-14-16(13-31)30(20)23-18(26)7-5-11-28-23/h4-12,16,31H,13-14H2,1-3H3,(H,29,32)/t16-/m0/s1. The molecule has 0 radical (unpaired) electrons. The highest BCUT2D eigenvalue weighted by Gasteiger charge is 2.33. The van der Waals surface area contributed by atoms with Crippen LogP contribution in [0.25, 0.3) is 0 Å². The van der Waals surface area contributed by atoms with Crippen LogP contribution < -0.4 is 19.7 Å². The minimum atomic E-state index is -0.583. The van der Waals surface area contributed by atoms with Gasteiger partial charge in [-0.15, -0.1) is 0 Å². The molecule has 0 fully saturated rings. The summed E-state index contributed by atoms with van der Waals surface area (Å²) in [5, 5.41) is 13.0. The number of para-hydroxylation sites is 1. The molecule has 178 valence electrons. The SMILES string of the molecule is CC(C)(C)Oc1ccc(NC(=O)c2cccc3c2OC[C@H](CO)N3c2ncccc2Cl)cc1F. The highest BCUT2D eigenvalue weighted by atomic mass is 35.5. The van der Waals surface area contributed by atoms with E-state index in [9.17, 15) is 14.3 Å². The second-order valence-electron chi connectivity index (χ2n) is 8.79. The van der Waals surface area contributed by atoms with E-state index in [-0.39, 0.29) is 30.2 Å². The molecule has 0 unspecified atom stereocenters. The Kier molecular flexibility index (Phi) is 6.63. The van der Waals surface area contributed by atoms with Crippen LogP contribution in [0.3, 0.4) is 0 Å². The van der Waals surface area contributed by atoms with E-state index in [4.69, 9.17) is 21.1 Å². The van der Waals surface area contributed by atoms with Crippen LogP contribution >= 0.6 is 11.6 Å². The summed E-state index contributed by atoms with van der Waals surface area (Å²) < 4.78 is 26.0. The number of hydrogen-bond donors (Lipinski definition) is 2. The summed E-state index contributed by atoms with van der Waals surface area (Å²) >= 11 is 6.37. The second-order valence-corrected chi connectivity index (χ2v) is 9.20. The molecular formula is C25H25ClFN3O4.